The summed E-state index contributed by atoms with van der Waals surface area (Å²) in [5.74, 6) is 0.301. The maximum absolute atomic E-state index is 12.5. The standard InChI is InChI=1S/C21H28N4O3/c1-16(2)13-24-10-11-28-18(15-24)12-22-21(27)19-8-9-20(26)25(23-19)14-17-6-4-3-5-7-17/h3-9,16,18H,10-15H2,1-2H3,(H,22,27). The lowest BCUT2D eigenvalue weighted by atomic mass is 10.2. The fraction of sp³-hybridized carbons (Fsp3) is 0.476. The summed E-state index contributed by atoms with van der Waals surface area (Å²) in [5.41, 5.74) is 0.946. The van der Waals surface area contributed by atoms with Crippen LogP contribution in [-0.2, 0) is 11.3 Å². The summed E-state index contributed by atoms with van der Waals surface area (Å²) in [6, 6.07) is 12.4. The molecule has 28 heavy (non-hydrogen) atoms. The highest BCUT2D eigenvalue weighted by atomic mass is 16.5. The summed E-state index contributed by atoms with van der Waals surface area (Å²) in [6.45, 7) is 8.58. The molecule has 1 aromatic carbocycles. The predicted molar refractivity (Wildman–Crippen MR) is 107 cm³/mol. The SMILES string of the molecule is CC(C)CN1CCOC(CNC(=O)c2ccc(=O)n(Cc3ccccc3)n2)C1. The molecular formula is C21H28N4O3. The minimum absolute atomic E-state index is 0.0355. The van der Waals surface area contributed by atoms with Crippen molar-refractivity contribution in [2.45, 2.75) is 26.5 Å². The van der Waals surface area contributed by atoms with Crippen LogP contribution in [0.4, 0.5) is 0 Å². The van der Waals surface area contributed by atoms with Crippen molar-refractivity contribution in [3.8, 4) is 0 Å². The summed E-state index contributed by atoms with van der Waals surface area (Å²) in [6.07, 6.45) is -0.0355. The third-order valence-electron chi connectivity index (χ3n) is 4.61. The van der Waals surface area contributed by atoms with Crippen molar-refractivity contribution in [3.63, 3.8) is 0 Å². The first-order valence-electron chi connectivity index (χ1n) is 9.75. The average Bonchev–Trinajstić information content (AvgIpc) is 2.68. The lowest BCUT2D eigenvalue weighted by Crippen LogP contribution is -2.48. The second kappa shape index (κ2) is 9.61. The van der Waals surface area contributed by atoms with Gasteiger partial charge in [0.25, 0.3) is 11.5 Å². The third-order valence-corrected chi connectivity index (χ3v) is 4.61. The van der Waals surface area contributed by atoms with Crippen LogP contribution in [0.5, 0.6) is 0 Å². The molecule has 1 aromatic heterocycles. The number of nitrogens with one attached hydrogen (secondary N) is 1. The van der Waals surface area contributed by atoms with E-state index in [2.05, 4.69) is 29.2 Å². The van der Waals surface area contributed by atoms with Gasteiger partial charge in [0, 0.05) is 32.2 Å². The Bertz CT molecular complexity index is 835. The van der Waals surface area contributed by atoms with E-state index in [9.17, 15) is 9.59 Å². The fourth-order valence-electron chi connectivity index (χ4n) is 3.32. The molecule has 1 saturated heterocycles. The van der Waals surface area contributed by atoms with Gasteiger partial charge < -0.3 is 10.1 Å². The maximum atomic E-state index is 12.5. The molecule has 150 valence electrons. The summed E-state index contributed by atoms with van der Waals surface area (Å²) < 4.78 is 7.08. The van der Waals surface area contributed by atoms with E-state index in [0.29, 0.717) is 25.6 Å². The number of hydrogen-bond acceptors (Lipinski definition) is 5. The van der Waals surface area contributed by atoms with E-state index in [-0.39, 0.29) is 23.3 Å². The number of amides is 1. The molecule has 2 heterocycles. The zero-order valence-corrected chi connectivity index (χ0v) is 16.5. The fourth-order valence-corrected chi connectivity index (χ4v) is 3.32. The first-order chi connectivity index (χ1) is 13.5. The summed E-state index contributed by atoms with van der Waals surface area (Å²) in [4.78, 5) is 26.9. The number of carbonyl (C=O) groups excluding carboxylic acids is 1. The van der Waals surface area contributed by atoms with Crippen LogP contribution in [0, 0.1) is 5.92 Å². The molecule has 2 aromatic rings. The zero-order valence-electron chi connectivity index (χ0n) is 16.5. The van der Waals surface area contributed by atoms with Crippen molar-refractivity contribution in [1.82, 2.24) is 20.0 Å². The highest BCUT2D eigenvalue weighted by Crippen LogP contribution is 2.07. The molecule has 0 radical (unpaired) electrons. The molecule has 1 atom stereocenters. The van der Waals surface area contributed by atoms with Gasteiger partial charge in [-0.25, -0.2) is 4.68 Å². The van der Waals surface area contributed by atoms with Gasteiger partial charge in [-0.3, -0.25) is 14.5 Å². The Labute approximate surface area is 165 Å². The molecule has 1 amide bonds. The van der Waals surface area contributed by atoms with Crippen LogP contribution in [-0.4, -0.2) is 59.5 Å². The van der Waals surface area contributed by atoms with Crippen molar-refractivity contribution in [1.29, 1.82) is 0 Å². The summed E-state index contributed by atoms with van der Waals surface area (Å²) in [7, 11) is 0. The van der Waals surface area contributed by atoms with Gasteiger partial charge in [-0.15, -0.1) is 0 Å². The topological polar surface area (TPSA) is 76.5 Å². The van der Waals surface area contributed by atoms with E-state index in [1.165, 1.54) is 16.8 Å². The van der Waals surface area contributed by atoms with Crippen molar-refractivity contribution in [3.05, 3.63) is 64.1 Å². The van der Waals surface area contributed by atoms with E-state index < -0.39 is 0 Å². The molecular weight excluding hydrogens is 356 g/mol. The first-order valence-corrected chi connectivity index (χ1v) is 9.75. The number of carbonyl (C=O) groups is 1. The van der Waals surface area contributed by atoms with Crippen LogP contribution < -0.4 is 10.9 Å². The van der Waals surface area contributed by atoms with Gasteiger partial charge in [0.1, 0.15) is 5.69 Å². The van der Waals surface area contributed by atoms with Gasteiger partial charge >= 0.3 is 0 Å². The van der Waals surface area contributed by atoms with Crippen LogP contribution in [0.3, 0.4) is 0 Å². The van der Waals surface area contributed by atoms with E-state index >= 15 is 0 Å². The molecule has 0 spiro atoms. The Kier molecular flexibility index (Phi) is 6.95. The number of benzene rings is 1. The molecule has 7 heteroatoms. The van der Waals surface area contributed by atoms with Crippen molar-refractivity contribution in [2.75, 3.05) is 32.8 Å². The Morgan fingerprint density at radius 1 is 1.25 bits per heavy atom. The van der Waals surface area contributed by atoms with E-state index in [1.54, 1.807) is 0 Å². The minimum Gasteiger partial charge on any atom is -0.374 e. The van der Waals surface area contributed by atoms with Crippen LogP contribution in [0.15, 0.2) is 47.3 Å². The average molecular weight is 384 g/mol. The highest BCUT2D eigenvalue weighted by Gasteiger charge is 2.22. The van der Waals surface area contributed by atoms with Crippen LogP contribution in [0.1, 0.15) is 29.9 Å². The molecule has 1 unspecified atom stereocenters. The van der Waals surface area contributed by atoms with Gasteiger partial charge in [0.2, 0.25) is 0 Å². The monoisotopic (exact) mass is 384 g/mol. The first kappa shape index (κ1) is 20.2. The molecule has 3 rings (SSSR count). The lowest BCUT2D eigenvalue weighted by molar-refractivity contribution is -0.0296. The van der Waals surface area contributed by atoms with E-state index in [4.69, 9.17) is 4.74 Å². The second-order valence-corrected chi connectivity index (χ2v) is 7.56. The molecule has 7 nitrogen and oxygen atoms in total. The summed E-state index contributed by atoms with van der Waals surface area (Å²) >= 11 is 0. The van der Waals surface area contributed by atoms with Gasteiger partial charge in [0.05, 0.1) is 19.3 Å². The molecule has 1 aliphatic heterocycles. The number of aromatic nitrogens is 2. The number of hydrogen-bond donors (Lipinski definition) is 1. The van der Waals surface area contributed by atoms with Crippen molar-refractivity contribution >= 4 is 5.91 Å². The second-order valence-electron chi connectivity index (χ2n) is 7.56. The highest BCUT2D eigenvalue weighted by molar-refractivity contribution is 5.92. The Morgan fingerprint density at radius 2 is 2.04 bits per heavy atom. The van der Waals surface area contributed by atoms with Gasteiger partial charge in [-0.1, -0.05) is 44.2 Å². The van der Waals surface area contributed by atoms with Gasteiger partial charge in [0.15, 0.2) is 0 Å². The smallest absolute Gasteiger partial charge is 0.271 e. The molecule has 0 bridgehead atoms. The predicted octanol–water partition coefficient (Wildman–Crippen LogP) is 1.38. The van der Waals surface area contributed by atoms with Crippen molar-refractivity contribution in [2.24, 2.45) is 5.92 Å². The molecule has 1 N–H and O–H groups in total. The maximum Gasteiger partial charge on any atom is 0.271 e. The third kappa shape index (κ3) is 5.74. The Hall–Kier alpha value is -2.51. The Balaban J connectivity index is 1.58. The number of rotatable bonds is 7. The van der Waals surface area contributed by atoms with Crippen LogP contribution in [0.2, 0.25) is 0 Å². The molecule has 1 aliphatic rings. The number of nitrogens with zero attached hydrogens (tertiary/aromatic N) is 3. The summed E-state index contributed by atoms with van der Waals surface area (Å²) in [5, 5.41) is 7.11. The van der Waals surface area contributed by atoms with Gasteiger partial charge in [-0.05, 0) is 17.5 Å². The minimum atomic E-state index is -0.300. The Morgan fingerprint density at radius 3 is 2.79 bits per heavy atom. The van der Waals surface area contributed by atoms with Crippen LogP contribution >= 0.6 is 0 Å². The van der Waals surface area contributed by atoms with E-state index in [1.807, 2.05) is 30.3 Å². The molecule has 0 aliphatic carbocycles. The zero-order chi connectivity index (χ0) is 19.9. The quantitative estimate of drug-likeness (QED) is 0.780. The van der Waals surface area contributed by atoms with Crippen LogP contribution in [0.25, 0.3) is 0 Å². The normalized spacial score (nSPS) is 17.6. The van der Waals surface area contributed by atoms with Crippen molar-refractivity contribution < 1.29 is 9.53 Å². The lowest BCUT2D eigenvalue weighted by Gasteiger charge is -2.33. The van der Waals surface area contributed by atoms with E-state index in [0.717, 1.165) is 25.2 Å². The number of morpholine rings is 1. The number of ether oxygens (including phenoxy) is 1. The molecule has 1 fully saturated rings. The van der Waals surface area contributed by atoms with Gasteiger partial charge in [-0.2, -0.15) is 5.10 Å². The largest absolute Gasteiger partial charge is 0.374 e. The molecule has 0 saturated carbocycles.